The third kappa shape index (κ3) is 9.73. The molecule has 4 aromatic rings. The molecule has 3 atom stereocenters. The van der Waals surface area contributed by atoms with Gasteiger partial charge in [-0.3, -0.25) is 9.97 Å². The molecule has 40 heavy (non-hydrogen) atoms. The predicted octanol–water partition coefficient (Wildman–Crippen LogP) is 11.3. The lowest BCUT2D eigenvalue weighted by Gasteiger charge is -2.19. The van der Waals surface area contributed by atoms with Gasteiger partial charge in [0.15, 0.2) is 0 Å². The molecule has 3 unspecified atom stereocenters. The van der Waals surface area contributed by atoms with Crippen molar-refractivity contribution < 1.29 is 0 Å². The summed E-state index contributed by atoms with van der Waals surface area (Å²) < 4.78 is 0. The van der Waals surface area contributed by atoms with Crippen molar-refractivity contribution in [2.75, 3.05) is 0 Å². The molecule has 214 valence electrons. The lowest BCUT2D eigenvalue weighted by atomic mass is 9.86. The fraction of sp³-hybridized carbons (Fsp3) is 0.421. The molecule has 2 nitrogen and oxygen atoms in total. The first-order valence-electron chi connectivity index (χ1n) is 15.3. The Bertz CT molecular complexity index is 1200. The molecule has 1 aliphatic carbocycles. The second-order valence-corrected chi connectivity index (χ2v) is 11.1. The SMILES string of the molecule is CCC.CCC.CCC(c1ccccc1-c1ccc(-c2ccccn2)cn1)C1C(C)C1C.Cc1cccc(C)c1. The molecule has 2 aromatic heterocycles. The third-order valence-electron chi connectivity index (χ3n) is 7.34. The number of rotatable bonds is 5. The van der Waals surface area contributed by atoms with E-state index in [-0.39, 0.29) is 0 Å². The van der Waals surface area contributed by atoms with E-state index in [0.717, 1.165) is 34.7 Å². The van der Waals surface area contributed by atoms with Crippen LogP contribution in [-0.4, -0.2) is 9.97 Å². The molecule has 0 spiro atoms. The monoisotopic (exact) mass is 536 g/mol. The van der Waals surface area contributed by atoms with Gasteiger partial charge in [-0.1, -0.05) is 127 Å². The molecule has 0 bridgehead atoms. The van der Waals surface area contributed by atoms with Crippen molar-refractivity contribution in [1.29, 1.82) is 0 Å². The van der Waals surface area contributed by atoms with Crippen LogP contribution in [0.15, 0.2) is 91.3 Å². The van der Waals surface area contributed by atoms with Gasteiger partial charge in [0.05, 0.1) is 11.4 Å². The summed E-state index contributed by atoms with van der Waals surface area (Å²) in [4.78, 5) is 9.20. The number of pyridine rings is 2. The topological polar surface area (TPSA) is 25.8 Å². The van der Waals surface area contributed by atoms with Crippen molar-refractivity contribution in [3.05, 3.63) is 108 Å². The lowest BCUT2D eigenvalue weighted by molar-refractivity contribution is 0.541. The zero-order chi connectivity index (χ0) is 29.5. The quantitative estimate of drug-likeness (QED) is 0.253. The molecule has 1 aliphatic rings. The summed E-state index contributed by atoms with van der Waals surface area (Å²) in [6.07, 6.45) is 7.45. The average Bonchev–Trinajstić information content (AvgIpc) is 3.55. The second-order valence-electron chi connectivity index (χ2n) is 11.1. The fourth-order valence-corrected chi connectivity index (χ4v) is 5.23. The van der Waals surface area contributed by atoms with Crippen LogP contribution in [-0.2, 0) is 0 Å². The predicted molar refractivity (Wildman–Crippen MR) is 176 cm³/mol. The van der Waals surface area contributed by atoms with Gasteiger partial charge < -0.3 is 0 Å². The summed E-state index contributed by atoms with van der Waals surface area (Å²) in [5.41, 5.74) is 8.48. The van der Waals surface area contributed by atoms with Crippen LogP contribution in [0.2, 0.25) is 0 Å². The Hall–Kier alpha value is -3.26. The second kappa shape index (κ2) is 17.4. The summed E-state index contributed by atoms with van der Waals surface area (Å²) in [5.74, 6) is 3.07. The summed E-state index contributed by atoms with van der Waals surface area (Å²) in [7, 11) is 0. The summed E-state index contributed by atoms with van der Waals surface area (Å²) in [6.45, 7) is 19.8. The van der Waals surface area contributed by atoms with Crippen LogP contribution in [0.25, 0.3) is 22.5 Å². The minimum Gasteiger partial charge on any atom is -0.256 e. The van der Waals surface area contributed by atoms with Crippen molar-refractivity contribution in [2.24, 2.45) is 17.8 Å². The van der Waals surface area contributed by atoms with Crippen molar-refractivity contribution in [3.63, 3.8) is 0 Å². The number of nitrogens with zero attached hydrogens (tertiary/aromatic N) is 2. The highest BCUT2D eigenvalue weighted by Crippen LogP contribution is 2.55. The summed E-state index contributed by atoms with van der Waals surface area (Å²) in [5, 5.41) is 0. The molecule has 0 radical (unpaired) electrons. The molecule has 2 aromatic carbocycles. The van der Waals surface area contributed by atoms with E-state index in [1.165, 1.54) is 41.5 Å². The number of aryl methyl sites for hydroxylation is 2. The summed E-state index contributed by atoms with van der Waals surface area (Å²) >= 11 is 0. The Morgan fingerprint density at radius 1 is 0.650 bits per heavy atom. The number of hydrogen-bond acceptors (Lipinski definition) is 2. The van der Waals surface area contributed by atoms with Gasteiger partial charge >= 0.3 is 0 Å². The molecule has 1 saturated carbocycles. The normalized spacial score (nSPS) is 17.6. The van der Waals surface area contributed by atoms with E-state index in [1.807, 2.05) is 30.6 Å². The number of hydrogen-bond donors (Lipinski definition) is 0. The van der Waals surface area contributed by atoms with Gasteiger partial charge in [0.25, 0.3) is 0 Å². The molecule has 0 amide bonds. The van der Waals surface area contributed by atoms with E-state index in [9.17, 15) is 0 Å². The van der Waals surface area contributed by atoms with Gasteiger partial charge in [0.1, 0.15) is 0 Å². The first-order valence-corrected chi connectivity index (χ1v) is 15.3. The maximum atomic E-state index is 4.78. The highest BCUT2D eigenvalue weighted by Gasteiger charge is 2.47. The Labute approximate surface area is 245 Å². The van der Waals surface area contributed by atoms with Crippen LogP contribution in [0.3, 0.4) is 0 Å². The fourth-order valence-electron chi connectivity index (χ4n) is 5.23. The summed E-state index contributed by atoms with van der Waals surface area (Å²) in [6, 6.07) is 27.5. The van der Waals surface area contributed by atoms with E-state index in [2.05, 4.69) is 128 Å². The van der Waals surface area contributed by atoms with E-state index >= 15 is 0 Å². The van der Waals surface area contributed by atoms with Gasteiger partial charge in [-0.15, -0.1) is 0 Å². The van der Waals surface area contributed by atoms with Crippen molar-refractivity contribution in [2.45, 2.75) is 87.5 Å². The lowest BCUT2D eigenvalue weighted by Crippen LogP contribution is -2.04. The van der Waals surface area contributed by atoms with Crippen LogP contribution in [0, 0.1) is 31.6 Å². The molecule has 0 saturated heterocycles. The Kier molecular flexibility index (Phi) is 14.4. The molecule has 5 rings (SSSR count). The van der Waals surface area contributed by atoms with Crippen molar-refractivity contribution in [3.8, 4) is 22.5 Å². The van der Waals surface area contributed by atoms with E-state index in [1.54, 1.807) is 0 Å². The first kappa shape index (κ1) is 32.9. The van der Waals surface area contributed by atoms with Crippen LogP contribution >= 0.6 is 0 Å². The smallest absolute Gasteiger partial charge is 0.0717 e. The molecule has 2 heterocycles. The van der Waals surface area contributed by atoms with Gasteiger partial charge in [-0.25, -0.2) is 0 Å². The van der Waals surface area contributed by atoms with Gasteiger partial charge in [0, 0.05) is 23.5 Å². The Morgan fingerprint density at radius 2 is 1.25 bits per heavy atom. The molecular formula is C38H52N2. The van der Waals surface area contributed by atoms with Crippen LogP contribution in [0.5, 0.6) is 0 Å². The average molecular weight is 537 g/mol. The minimum absolute atomic E-state index is 0.619. The maximum absolute atomic E-state index is 4.78. The van der Waals surface area contributed by atoms with Gasteiger partial charge in [-0.05, 0) is 73.8 Å². The van der Waals surface area contributed by atoms with Crippen LogP contribution in [0.1, 0.15) is 90.3 Å². The number of benzene rings is 2. The minimum atomic E-state index is 0.619. The maximum Gasteiger partial charge on any atom is 0.0717 e. The zero-order valence-corrected chi connectivity index (χ0v) is 26.5. The standard InChI is InChI=1S/C24H26N2.C8H10.2C3H8/c1-4-19(24-16(2)17(24)3)20-9-5-6-10-21(20)23-13-12-18(15-26-23)22-11-7-8-14-25-22;1-7-4-3-5-8(2)6-7;2*1-3-2/h5-17,19,24H,4H2,1-3H3;3-6H,1-2H3;2*3H2,1-2H3. The van der Waals surface area contributed by atoms with Gasteiger partial charge in [-0.2, -0.15) is 0 Å². The van der Waals surface area contributed by atoms with E-state index in [4.69, 9.17) is 4.98 Å². The first-order chi connectivity index (χ1) is 19.3. The molecular weight excluding hydrogens is 484 g/mol. The largest absolute Gasteiger partial charge is 0.256 e. The zero-order valence-electron chi connectivity index (χ0n) is 26.5. The van der Waals surface area contributed by atoms with Gasteiger partial charge in [0.2, 0.25) is 0 Å². The van der Waals surface area contributed by atoms with E-state index in [0.29, 0.717) is 5.92 Å². The number of aromatic nitrogens is 2. The van der Waals surface area contributed by atoms with Crippen LogP contribution in [0.4, 0.5) is 0 Å². The van der Waals surface area contributed by atoms with Crippen molar-refractivity contribution >= 4 is 0 Å². The highest BCUT2D eigenvalue weighted by molar-refractivity contribution is 5.68. The van der Waals surface area contributed by atoms with Crippen LogP contribution < -0.4 is 0 Å². The molecule has 1 fully saturated rings. The third-order valence-corrected chi connectivity index (χ3v) is 7.34. The molecule has 2 heteroatoms. The Morgan fingerprint density at radius 3 is 1.70 bits per heavy atom. The molecule has 0 aliphatic heterocycles. The molecule has 0 N–H and O–H groups in total. The highest BCUT2D eigenvalue weighted by atomic mass is 14.7. The van der Waals surface area contributed by atoms with E-state index < -0.39 is 0 Å². The Balaban J connectivity index is 0.000000332. The van der Waals surface area contributed by atoms with Crippen molar-refractivity contribution in [1.82, 2.24) is 9.97 Å².